The van der Waals surface area contributed by atoms with E-state index >= 15 is 0 Å². The number of rotatable bonds is 10. The first kappa shape index (κ1) is 24.2. The van der Waals surface area contributed by atoms with Crippen molar-refractivity contribution in [3.8, 4) is 0 Å². The Morgan fingerprint density at radius 2 is 2.00 bits per heavy atom. The molecule has 1 aromatic rings. The van der Waals surface area contributed by atoms with E-state index in [-0.39, 0.29) is 6.42 Å². The van der Waals surface area contributed by atoms with Crippen LogP contribution in [-0.2, 0) is 32.2 Å². The molecule has 0 amide bonds. The molecule has 0 bridgehead atoms. The Morgan fingerprint density at radius 1 is 1.22 bits per heavy atom. The number of aromatic nitrogens is 1. The Hall–Kier alpha value is -2.40. The van der Waals surface area contributed by atoms with E-state index < -0.39 is 24.2 Å². The Bertz CT molecular complexity index is 802. The third kappa shape index (κ3) is 7.33. The summed E-state index contributed by atoms with van der Waals surface area (Å²) in [7, 11) is 0. The van der Waals surface area contributed by atoms with Crippen LogP contribution >= 0.6 is 0 Å². The average Bonchev–Trinajstić information content (AvgIpc) is 3.61. The lowest BCUT2D eigenvalue weighted by Crippen LogP contribution is -2.39. The number of unbranched alkanes of at least 4 members (excludes halogenated alkanes) is 1. The van der Waals surface area contributed by atoms with Crippen molar-refractivity contribution in [1.29, 1.82) is 0 Å². The van der Waals surface area contributed by atoms with Crippen molar-refractivity contribution in [1.82, 2.24) is 9.88 Å². The summed E-state index contributed by atoms with van der Waals surface area (Å²) in [5, 5.41) is 3.34. The normalized spacial score (nSPS) is 16.8. The van der Waals surface area contributed by atoms with Crippen LogP contribution < -0.4 is 11.1 Å². The third-order valence-corrected chi connectivity index (χ3v) is 5.60. The van der Waals surface area contributed by atoms with E-state index in [0.29, 0.717) is 12.6 Å². The first-order valence-electron chi connectivity index (χ1n) is 11.0. The molecule has 0 radical (unpaired) electrons. The van der Waals surface area contributed by atoms with Gasteiger partial charge in [-0.2, -0.15) is 13.2 Å². The van der Waals surface area contributed by atoms with Gasteiger partial charge in [-0.05, 0) is 69.5 Å². The van der Waals surface area contributed by atoms with Crippen LogP contribution in [0.25, 0.3) is 0 Å². The van der Waals surface area contributed by atoms with Crippen molar-refractivity contribution in [3.63, 3.8) is 0 Å². The maximum atomic E-state index is 12.1. The van der Waals surface area contributed by atoms with Crippen LogP contribution in [0.5, 0.6) is 0 Å². The summed E-state index contributed by atoms with van der Waals surface area (Å²) in [4.78, 5) is 36.6. The minimum absolute atomic E-state index is 0.191. The van der Waals surface area contributed by atoms with Crippen molar-refractivity contribution < 1.29 is 32.5 Å². The van der Waals surface area contributed by atoms with Crippen LogP contribution in [-0.4, -0.2) is 59.7 Å². The fourth-order valence-corrected chi connectivity index (χ4v) is 3.66. The highest BCUT2D eigenvalue weighted by Gasteiger charge is 2.43. The fraction of sp³-hybridized carbons (Fsp3) is 0.667. The van der Waals surface area contributed by atoms with Crippen molar-refractivity contribution >= 4 is 17.8 Å². The molecule has 3 rings (SSSR count). The number of hydrogen-bond acceptors (Lipinski definition) is 8. The molecule has 11 heteroatoms. The lowest BCUT2D eigenvalue weighted by molar-refractivity contribution is -0.286. The predicted octanol–water partition coefficient (Wildman–Crippen LogP) is 2.51. The number of anilines is 1. The van der Waals surface area contributed by atoms with Crippen LogP contribution in [0.15, 0.2) is 12.1 Å². The quantitative estimate of drug-likeness (QED) is 0.313. The molecule has 0 unspecified atom stereocenters. The smallest absolute Gasteiger partial charge is 0.370 e. The Kier molecular flexibility index (Phi) is 8.30. The zero-order valence-corrected chi connectivity index (χ0v) is 17.8. The Morgan fingerprint density at radius 3 is 2.72 bits per heavy atom. The summed E-state index contributed by atoms with van der Waals surface area (Å²) in [6.45, 7) is 2.30. The van der Waals surface area contributed by atoms with Gasteiger partial charge in [0.2, 0.25) is 0 Å². The van der Waals surface area contributed by atoms with E-state index in [1.54, 1.807) is 0 Å². The summed E-state index contributed by atoms with van der Waals surface area (Å²) in [6, 6.07) is 3.49. The van der Waals surface area contributed by atoms with E-state index in [0.717, 1.165) is 69.5 Å². The van der Waals surface area contributed by atoms with Crippen LogP contribution in [0.3, 0.4) is 0 Å². The molecule has 2 aliphatic rings. The molecule has 178 valence electrons. The van der Waals surface area contributed by atoms with Gasteiger partial charge in [-0.1, -0.05) is 6.07 Å². The van der Waals surface area contributed by atoms with E-state index in [1.807, 2.05) is 0 Å². The van der Waals surface area contributed by atoms with Crippen LogP contribution in [0, 0.1) is 0 Å². The minimum Gasteiger partial charge on any atom is -0.370 e. The lowest BCUT2D eigenvalue weighted by Gasteiger charge is -2.23. The van der Waals surface area contributed by atoms with Gasteiger partial charge in [0.05, 0.1) is 0 Å². The number of nitrogens with zero attached hydrogens (tertiary/aromatic N) is 2. The van der Waals surface area contributed by atoms with E-state index in [9.17, 15) is 22.8 Å². The largest absolute Gasteiger partial charge is 0.495 e. The molecule has 2 heterocycles. The second-order valence-electron chi connectivity index (χ2n) is 8.23. The molecule has 1 aliphatic carbocycles. The molecule has 1 aromatic heterocycles. The van der Waals surface area contributed by atoms with Crippen molar-refractivity contribution in [2.24, 2.45) is 5.73 Å². The number of pyridine rings is 1. The van der Waals surface area contributed by atoms with Crippen molar-refractivity contribution in [3.05, 3.63) is 23.4 Å². The van der Waals surface area contributed by atoms with E-state index in [4.69, 9.17) is 10.7 Å². The molecule has 0 saturated heterocycles. The molecule has 1 saturated carbocycles. The number of alkyl halides is 3. The third-order valence-electron chi connectivity index (χ3n) is 5.60. The highest BCUT2D eigenvalue weighted by molar-refractivity contribution is 5.78. The maximum absolute atomic E-state index is 12.1. The van der Waals surface area contributed by atoms with Crippen molar-refractivity contribution in [2.75, 3.05) is 25.0 Å². The van der Waals surface area contributed by atoms with E-state index in [1.165, 1.54) is 5.56 Å². The van der Waals surface area contributed by atoms with Gasteiger partial charge in [-0.25, -0.2) is 24.3 Å². The predicted molar refractivity (Wildman–Crippen MR) is 109 cm³/mol. The minimum atomic E-state index is -5.24. The molecule has 1 aliphatic heterocycles. The second-order valence-corrected chi connectivity index (χ2v) is 8.23. The monoisotopic (exact) mass is 458 g/mol. The van der Waals surface area contributed by atoms with Gasteiger partial charge in [-0.3, -0.25) is 0 Å². The molecule has 8 nitrogen and oxygen atoms in total. The summed E-state index contributed by atoms with van der Waals surface area (Å²) < 4.78 is 36.2. The topological polar surface area (TPSA) is 107 Å². The Balaban J connectivity index is 1.36. The second kappa shape index (κ2) is 11.0. The van der Waals surface area contributed by atoms with Gasteiger partial charge >= 0.3 is 18.1 Å². The molecule has 1 fully saturated rings. The van der Waals surface area contributed by atoms with Gasteiger partial charge < -0.3 is 16.0 Å². The number of carbonyl (C=O) groups is 2. The highest BCUT2D eigenvalue weighted by atomic mass is 19.4. The molecule has 0 spiro atoms. The van der Waals surface area contributed by atoms with Crippen molar-refractivity contribution in [2.45, 2.75) is 69.6 Å². The molecule has 32 heavy (non-hydrogen) atoms. The van der Waals surface area contributed by atoms with Crippen LogP contribution in [0.4, 0.5) is 19.0 Å². The van der Waals surface area contributed by atoms with Gasteiger partial charge in [0.25, 0.3) is 0 Å². The van der Waals surface area contributed by atoms with Crippen LogP contribution in [0.1, 0.15) is 49.8 Å². The number of nitrogens with two attached hydrogens (primary N) is 1. The summed E-state index contributed by atoms with van der Waals surface area (Å²) in [6.07, 6.45) is 2.08. The molecule has 3 N–H and O–H groups in total. The van der Waals surface area contributed by atoms with Gasteiger partial charge in [0, 0.05) is 24.8 Å². The fourth-order valence-electron chi connectivity index (χ4n) is 3.66. The van der Waals surface area contributed by atoms with E-state index in [2.05, 4.69) is 32.1 Å². The van der Waals surface area contributed by atoms with Gasteiger partial charge in [0.1, 0.15) is 11.9 Å². The lowest BCUT2D eigenvalue weighted by atomic mass is 10.1. The molecule has 1 atom stereocenters. The summed E-state index contributed by atoms with van der Waals surface area (Å²) in [5.41, 5.74) is 8.01. The van der Waals surface area contributed by atoms with Gasteiger partial charge in [-0.15, -0.1) is 0 Å². The van der Waals surface area contributed by atoms with Crippen LogP contribution in [0.2, 0.25) is 0 Å². The van der Waals surface area contributed by atoms with Gasteiger partial charge in [0.15, 0.2) is 0 Å². The molecular formula is C21H29F3N4O4. The average molecular weight is 458 g/mol. The number of nitrogens with one attached hydrogen (secondary N) is 1. The maximum Gasteiger partial charge on any atom is 0.495 e. The SMILES string of the molecule is N[C@@H](CCN(CCCCc1ccc2c(n1)NCCC2)C1CC1)C(=O)OOC(=O)C(F)(F)F. The Labute approximate surface area is 184 Å². The zero-order chi connectivity index (χ0) is 23.1. The summed E-state index contributed by atoms with van der Waals surface area (Å²) >= 11 is 0. The number of halogens is 3. The number of hydrogen-bond donors (Lipinski definition) is 2. The first-order valence-corrected chi connectivity index (χ1v) is 11.0. The number of fused-ring (bicyclic) bond motifs is 1. The zero-order valence-electron chi connectivity index (χ0n) is 17.8. The molecular weight excluding hydrogens is 429 g/mol. The summed E-state index contributed by atoms with van der Waals surface area (Å²) in [5.74, 6) is -2.80. The number of carbonyl (C=O) groups excluding carboxylic acids is 2. The number of aryl methyl sites for hydroxylation is 2. The first-order chi connectivity index (χ1) is 15.2. The highest BCUT2D eigenvalue weighted by Crippen LogP contribution is 2.27. The standard InChI is InChI=1S/C21H29F3N4O4/c22-21(23,24)20(30)32-31-19(29)17(25)10-13-28(16-8-9-16)12-2-1-5-15-7-6-14-4-3-11-26-18(14)27-15/h6-7,16-17H,1-5,8-13,25H2,(H,26,27)/t17-/m0/s1. The molecule has 0 aromatic carbocycles.